The van der Waals surface area contributed by atoms with Crippen LogP contribution in [0.25, 0.3) is 0 Å². The van der Waals surface area contributed by atoms with Crippen LogP contribution in [0.2, 0.25) is 5.02 Å². The standard InChI is InChI=1S/C16H14ClF3N2O3S/c1-11(21-25-10-12-5-3-2-4-6-12)14-9-13(17)7-8-15(14)22-26(23,24)16(18,19)20/h2-9,22H,10H2,1H3/b21-11+. The second kappa shape index (κ2) is 7.96. The van der Waals surface area contributed by atoms with Crippen LogP contribution in [0, 0.1) is 0 Å². The molecule has 0 aliphatic carbocycles. The normalized spacial score (nSPS) is 12.7. The third-order valence-electron chi connectivity index (χ3n) is 3.20. The zero-order valence-corrected chi connectivity index (χ0v) is 15.0. The first-order valence-corrected chi connectivity index (χ1v) is 9.06. The maximum absolute atomic E-state index is 12.6. The molecule has 0 radical (unpaired) electrons. The molecule has 0 saturated heterocycles. The van der Waals surface area contributed by atoms with E-state index >= 15 is 0 Å². The van der Waals surface area contributed by atoms with Crippen molar-refractivity contribution in [2.24, 2.45) is 5.16 Å². The fourth-order valence-corrected chi connectivity index (χ4v) is 2.69. The Balaban J connectivity index is 2.24. The van der Waals surface area contributed by atoms with Gasteiger partial charge in [-0.05, 0) is 30.7 Å². The highest BCUT2D eigenvalue weighted by atomic mass is 35.5. The molecule has 0 atom stereocenters. The molecule has 140 valence electrons. The van der Waals surface area contributed by atoms with E-state index in [1.54, 1.807) is 0 Å². The number of hydrogen-bond acceptors (Lipinski definition) is 4. The van der Waals surface area contributed by atoms with Gasteiger partial charge in [0.05, 0.1) is 11.4 Å². The maximum Gasteiger partial charge on any atom is 0.516 e. The summed E-state index contributed by atoms with van der Waals surface area (Å²) in [7, 11) is -5.57. The molecule has 0 aliphatic heterocycles. The van der Waals surface area contributed by atoms with Crippen LogP contribution in [0.3, 0.4) is 0 Å². The second-order valence-electron chi connectivity index (χ2n) is 5.18. The molecule has 0 aliphatic rings. The molecule has 0 amide bonds. The second-order valence-corrected chi connectivity index (χ2v) is 7.29. The molecule has 0 spiro atoms. The lowest BCUT2D eigenvalue weighted by atomic mass is 10.1. The fraction of sp³-hybridized carbons (Fsp3) is 0.188. The SMILES string of the molecule is C/C(=N\OCc1ccccc1)c1cc(Cl)ccc1NS(=O)(=O)C(F)(F)F. The molecule has 10 heteroatoms. The summed E-state index contributed by atoms with van der Waals surface area (Å²) in [6.45, 7) is 1.60. The quantitative estimate of drug-likeness (QED) is 0.565. The van der Waals surface area contributed by atoms with Gasteiger partial charge in [0.2, 0.25) is 0 Å². The maximum atomic E-state index is 12.6. The molecule has 5 nitrogen and oxygen atoms in total. The van der Waals surface area contributed by atoms with Crippen molar-refractivity contribution < 1.29 is 26.4 Å². The third kappa shape index (κ3) is 5.12. The molecule has 0 saturated carbocycles. The van der Waals surface area contributed by atoms with Gasteiger partial charge in [0.15, 0.2) is 0 Å². The first-order valence-electron chi connectivity index (χ1n) is 7.19. The summed E-state index contributed by atoms with van der Waals surface area (Å²) in [4.78, 5) is 5.17. The topological polar surface area (TPSA) is 67.8 Å². The van der Waals surface area contributed by atoms with Crippen molar-refractivity contribution in [1.82, 2.24) is 0 Å². The molecular formula is C16H14ClF3N2O3S. The van der Waals surface area contributed by atoms with E-state index in [1.807, 2.05) is 30.3 Å². The van der Waals surface area contributed by atoms with Gasteiger partial charge in [-0.15, -0.1) is 0 Å². The van der Waals surface area contributed by atoms with Gasteiger partial charge in [0, 0.05) is 10.6 Å². The smallest absolute Gasteiger partial charge is 0.391 e. The van der Waals surface area contributed by atoms with E-state index < -0.39 is 15.5 Å². The van der Waals surface area contributed by atoms with Crippen molar-refractivity contribution in [2.75, 3.05) is 4.72 Å². The molecular weight excluding hydrogens is 393 g/mol. The summed E-state index contributed by atoms with van der Waals surface area (Å²) in [6, 6.07) is 12.8. The Morgan fingerprint density at radius 3 is 2.46 bits per heavy atom. The number of oxime groups is 1. The predicted molar refractivity (Wildman–Crippen MR) is 93.5 cm³/mol. The lowest BCUT2D eigenvalue weighted by Gasteiger charge is -2.14. The van der Waals surface area contributed by atoms with Crippen molar-refractivity contribution in [2.45, 2.75) is 19.0 Å². The van der Waals surface area contributed by atoms with Crippen molar-refractivity contribution in [1.29, 1.82) is 0 Å². The predicted octanol–water partition coefficient (Wildman–Crippen LogP) is 4.54. The Bertz CT molecular complexity index is 901. The molecule has 2 aromatic carbocycles. The summed E-state index contributed by atoms with van der Waals surface area (Å²) in [5.74, 6) is 0. The van der Waals surface area contributed by atoms with Gasteiger partial charge in [-0.3, -0.25) is 4.72 Å². The molecule has 0 fully saturated rings. The van der Waals surface area contributed by atoms with E-state index in [-0.39, 0.29) is 28.6 Å². The molecule has 26 heavy (non-hydrogen) atoms. The summed E-state index contributed by atoms with van der Waals surface area (Å²) >= 11 is 5.86. The van der Waals surface area contributed by atoms with Crippen LogP contribution in [0.15, 0.2) is 53.7 Å². The van der Waals surface area contributed by atoms with E-state index in [1.165, 1.54) is 23.8 Å². The Morgan fingerprint density at radius 2 is 1.85 bits per heavy atom. The molecule has 0 aromatic heterocycles. The van der Waals surface area contributed by atoms with Crippen LogP contribution >= 0.6 is 11.6 Å². The average Bonchev–Trinajstić information content (AvgIpc) is 2.56. The Kier molecular flexibility index (Phi) is 6.14. The highest BCUT2D eigenvalue weighted by Gasteiger charge is 2.46. The number of alkyl halides is 3. The molecule has 1 N–H and O–H groups in total. The van der Waals surface area contributed by atoms with Crippen LogP contribution in [-0.4, -0.2) is 19.6 Å². The number of anilines is 1. The number of halogens is 4. The Morgan fingerprint density at radius 1 is 1.19 bits per heavy atom. The van der Waals surface area contributed by atoms with Crippen LogP contribution in [0.5, 0.6) is 0 Å². The van der Waals surface area contributed by atoms with Gasteiger partial charge in [0.25, 0.3) is 0 Å². The monoisotopic (exact) mass is 406 g/mol. The molecule has 0 bridgehead atoms. The third-order valence-corrected chi connectivity index (χ3v) is 4.53. The number of nitrogens with one attached hydrogen (secondary N) is 1. The highest BCUT2D eigenvalue weighted by molar-refractivity contribution is 7.93. The zero-order chi connectivity index (χ0) is 19.4. The molecule has 0 unspecified atom stereocenters. The summed E-state index contributed by atoms with van der Waals surface area (Å²) in [5.41, 5.74) is -4.69. The van der Waals surface area contributed by atoms with Gasteiger partial charge in [0.1, 0.15) is 6.61 Å². The van der Waals surface area contributed by atoms with E-state index in [0.29, 0.717) is 0 Å². The van der Waals surface area contributed by atoms with Gasteiger partial charge in [-0.25, -0.2) is 0 Å². The molecule has 2 rings (SSSR count). The van der Waals surface area contributed by atoms with Crippen LogP contribution < -0.4 is 4.72 Å². The summed E-state index contributed by atoms with van der Waals surface area (Å²) in [6.07, 6.45) is 0. The Labute approximate surface area is 153 Å². The highest BCUT2D eigenvalue weighted by Crippen LogP contribution is 2.28. The van der Waals surface area contributed by atoms with E-state index in [0.717, 1.165) is 11.6 Å². The van der Waals surface area contributed by atoms with Crippen LogP contribution in [0.4, 0.5) is 18.9 Å². The number of rotatable bonds is 6. The first-order chi connectivity index (χ1) is 12.1. The fourth-order valence-electron chi connectivity index (χ4n) is 1.93. The lowest BCUT2D eigenvalue weighted by molar-refractivity contribution is -0.0429. The summed E-state index contributed by atoms with van der Waals surface area (Å²) < 4.78 is 61.9. The van der Waals surface area contributed by atoms with Gasteiger partial charge < -0.3 is 4.84 Å². The minimum absolute atomic E-state index is 0.0680. The van der Waals surface area contributed by atoms with E-state index in [2.05, 4.69) is 5.16 Å². The van der Waals surface area contributed by atoms with Crippen molar-refractivity contribution in [3.8, 4) is 0 Å². The minimum Gasteiger partial charge on any atom is -0.391 e. The number of nitrogens with zero attached hydrogens (tertiary/aromatic N) is 1. The van der Waals surface area contributed by atoms with Crippen molar-refractivity contribution in [3.05, 3.63) is 64.7 Å². The Hall–Kier alpha value is -2.26. The van der Waals surface area contributed by atoms with Crippen LogP contribution in [-0.2, 0) is 21.5 Å². The number of benzene rings is 2. The number of sulfonamides is 1. The van der Waals surface area contributed by atoms with Crippen molar-refractivity contribution >= 4 is 33.0 Å². The first kappa shape index (κ1) is 20.1. The largest absolute Gasteiger partial charge is 0.516 e. The molecule has 2 aromatic rings. The summed E-state index contributed by atoms with van der Waals surface area (Å²) in [5, 5.41) is 4.03. The minimum atomic E-state index is -5.57. The van der Waals surface area contributed by atoms with Gasteiger partial charge in [-0.2, -0.15) is 21.6 Å². The van der Waals surface area contributed by atoms with Gasteiger partial charge >= 0.3 is 15.5 Å². The van der Waals surface area contributed by atoms with Crippen molar-refractivity contribution in [3.63, 3.8) is 0 Å². The lowest BCUT2D eigenvalue weighted by Crippen LogP contribution is -2.30. The van der Waals surface area contributed by atoms with Gasteiger partial charge in [-0.1, -0.05) is 47.1 Å². The average molecular weight is 407 g/mol. The van der Waals surface area contributed by atoms with E-state index in [9.17, 15) is 21.6 Å². The van der Waals surface area contributed by atoms with Crippen LogP contribution in [0.1, 0.15) is 18.1 Å². The molecule has 0 heterocycles. The number of hydrogen-bond donors (Lipinski definition) is 1. The van der Waals surface area contributed by atoms with E-state index in [4.69, 9.17) is 16.4 Å². The zero-order valence-electron chi connectivity index (χ0n) is 13.4.